The topological polar surface area (TPSA) is 81.4 Å². The fraction of sp³-hybridized carbons (Fsp3) is 0.167. The van der Waals surface area contributed by atoms with Crippen LogP contribution in [0.2, 0.25) is 0 Å². The third kappa shape index (κ3) is 4.54. The van der Waals surface area contributed by atoms with E-state index in [1.165, 1.54) is 23.7 Å². The molecule has 2 heterocycles. The van der Waals surface area contributed by atoms with E-state index in [4.69, 9.17) is 9.15 Å². The molecule has 1 amide bonds. The number of nitrogens with one attached hydrogen (secondary N) is 1. The molecule has 6 nitrogen and oxygen atoms in total. The van der Waals surface area contributed by atoms with E-state index in [-0.39, 0.29) is 12.6 Å². The zero-order chi connectivity index (χ0) is 17.6. The molecule has 1 aromatic carbocycles. The lowest BCUT2D eigenvalue weighted by molar-refractivity contribution is -0.144. The fourth-order valence-electron chi connectivity index (χ4n) is 2.18. The number of aromatic nitrogens is 1. The number of hydrogen-bond acceptors (Lipinski definition) is 6. The number of furan rings is 1. The van der Waals surface area contributed by atoms with Crippen LogP contribution in [0.1, 0.15) is 23.7 Å². The van der Waals surface area contributed by atoms with Crippen LogP contribution in [-0.4, -0.2) is 23.5 Å². The van der Waals surface area contributed by atoms with Crippen LogP contribution < -0.4 is 5.32 Å². The number of hydrogen-bond donors (Lipinski definition) is 1. The summed E-state index contributed by atoms with van der Waals surface area (Å²) in [6.07, 6.45) is 4.38. The number of benzene rings is 1. The van der Waals surface area contributed by atoms with Gasteiger partial charge in [-0.15, -0.1) is 11.3 Å². The van der Waals surface area contributed by atoms with Gasteiger partial charge in [0.2, 0.25) is 0 Å². The summed E-state index contributed by atoms with van der Waals surface area (Å²) >= 11 is 1.48. The highest BCUT2D eigenvalue weighted by molar-refractivity contribution is 7.19. The van der Waals surface area contributed by atoms with E-state index in [1.807, 2.05) is 24.3 Å². The molecule has 3 aromatic rings. The van der Waals surface area contributed by atoms with E-state index in [0.717, 1.165) is 10.2 Å². The van der Waals surface area contributed by atoms with Gasteiger partial charge in [0.25, 0.3) is 5.91 Å². The second kappa shape index (κ2) is 7.76. The Morgan fingerprint density at radius 1 is 1.32 bits per heavy atom. The first kappa shape index (κ1) is 16.9. The van der Waals surface area contributed by atoms with E-state index in [2.05, 4.69) is 10.3 Å². The van der Waals surface area contributed by atoms with E-state index in [0.29, 0.717) is 10.8 Å². The fourth-order valence-corrected chi connectivity index (χ4v) is 3.05. The van der Waals surface area contributed by atoms with Gasteiger partial charge in [0, 0.05) is 6.08 Å². The van der Waals surface area contributed by atoms with Crippen molar-refractivity contribution in [2.75, 3.05) is 6.61 Å². The molecule has 7 heteroatoms. The normalized spacial score (nSPS) is 12.4. The summed E-state index contributed by atoms with van der Waals surface area (Å²) in [6, 6.07) is 10.9. The molecule has 2 aromatic heterocycles. The molecule has 0 spiro atoms. The van der Waals surface area contributed by atoms with Crippen molar-refractivity contribution in [2.45, 2.75) is 13.0 Å². The first-order chi connectivity index (χ1) is 12.1. The van der Waals surface area contributed by atoms with Crippen molar-refractivity contribution in [3.8, 4) is 0 Å². The summed E-state index contributed by atoms with van der Waals surface area (Å²) in [6.45, 7) is 1.43. The Labute approximate surface area is 148 Å². The number of carbonyl (C=O) groups excluding carboxylic acids is 2. The van der Waals surface area contributed by atoms with Crippen molar-refractivity contribution in [3.63, 3.8) is 0 Å². The first-order valence-electron chi connectivity index (χ1n) is 7.65. The van der Waals surface area contributed by atoms with Crippen LogP contribution in [0, 0.1) is 0 Å². The lowest BCUT2D eigenvalue weighted by atomic mass is 10.2. The molecule has 0 bridgehead atoms. The SMILES string of the molecule is C[C@H](NC(=O)COC(=O)/C=C/c1nc2ccccc2s1)c1ccco1. The van der Waals surface area contributed by atoms with E-state index < -0.39 is 11.9 Å². The Morgan fingerprint density at radius 2 is 2.16 bits per heavy atom. The number of carbonyl (C=O) groups is 2. The summed E-state index contributed by atoms with van der Waals surface area (Å²) in [7, 11) is 0. The minimum Gasteiger partial charge on any atom is -0.467 e. The lowest BCUT2D eigenvalue weighted by Gasteiger charge is -2.10. The van der Waals surface area contributed by atoms with Gasteiger partial charge in [0.1, 0.15) is 10.8 Å². The number of para-hydroxylation sites is 1. The summed E-state index contributed by atoms with van der Waals surface area (Å²) in [4.78, 5) is 27.9. The molecule has 0 unspecified atom stereocenters. The molecule has 128 valence electrons. The minimum absolute atomic E-state index is 0.292. The number of thiazole rings is 1. The monoisotopic (exact) mass is 356 g/mol. The number of rotatable bonds is 6. The minimum atomic E-state index is -0.597. The molecule has 1 atom stereocenters. The average Bonchev–Trinajstić information content (AvgIpc) is 3.27. The molecule has 3 rings (SSSR count). The summed E-state index contributed by atoms with van der Waals surface area (Å²) < 4.78 is 11.2. The van der Waals surface area contributed by atoms with Gasteiger partial charge < -0.3 is 14.5 Å². The van der Waals surface area contributed by atoms with E-state index >= 15 is 0 Å². The molecule has 0 aliphatic rings. The third-order valence-corrected chi connectivity index (χ3v) is 4.37. The van der Waals surface area contributed by atoms with Gasteiger partial charge in [-0.3, -0.25) is 4.79 Å². The van der Waals surface area contributed by atoms with Gasteiger partial charge in [0.05, 0.1) is 22.5 Å². The number of esters is 1. The number of ether oxygens (including phenoxy) is 1. The second-order valence-electron chi connectivity index (χ2n) is 5.27. The van der Waals surface area contributed by atoms with Gasteiger partial charge in [0.15, 0.2) is 6.61 Å². The average molecular weight is 356 g/mol. The highest BCUT2D eigenvalue weighted by Crippen LogP contribution is 2.22. The Hall–Kier alpha value is -2.93. The molecule has 0 aliphatic heterocycles. The molecule has 0 fully saturated rings. The third-order valence-electron chi connectivity index (χ3n) is 3.37. The van der Waals surface area contributed by atoms with Crippen LogP contribution in [-0.2, 0) is 14.3 Å². The van der Waals surface area contributed by atoms with Gasteiger partial charge in [-0.2, -0.15) is 0 Å². The molecule has 0 radical (unpaired) electrons. The van der Waals surface area contributed by atoms with Crippen LogP contribution in [0.5, 0.6) is 0 Å². The summed E-state index contributed by atoms with van der Waals surface area (Å²) in [5.74, 6) is -0.360. The first-order valence-corrected chi connectivity index (χ1v) is 8.46. The maximum atomic E-state index is 11.8. The van der Waals surface area contributed by atoms with Gasteiger partial charge in [-0.05, 0) is 37.3 Å². The van der Waals surface area contributed by atoms with Gasteiger partial charge in [-0.1, -0.05) is 12.1 Å². The molecule has 0 saturated carbocycles. The van der Waals surface area contributed by atoms with Crippen molar-refractivity contribution in [3.05, 3.63) is 59.5 Å². The van der Waals surface area contributed by atoms with Gasteiger partial charge >= 0.3 is 5.97 Å². The zero-order valence-electron chi connectivity index (χ0n) is 13.5. The molecule has 0 aliphatic carbocycles. The highest BCUT2D eigenvalue weighted by atomic mass is 32.1. The molecule has 25 heavy (non-hydrogen) atoms. The van der Waals surface area contributed by atoms with E-state index in [1.54, 1.807) is 25.1 Å². The van der Waals surface area contributed by atoms with Crippen LogP contribution in [0.3, 0.4) is 0 Å². The van der Waals surface area contributed by atoms with Crippen LogP contribution in [0.15, 0.2) is 53.2 Å². The van der Waals surface area contributed by atoms with Crippen molar-refractivity contribution in [1.82, 2.24) is 10.3 Å². The van der Waals surface area contributed by atoms with Crippen molar-refractivity contribution < 1.29 is 18.7 Å². The Balaban J connectivity index is 1.48. The highest BCUT2D eigenvalue weighted by Gasteiger charge is 2.12. The van der Waals surface area contributed by atoms with Crippen molar-refractivity contribution >= 4 is 39.5 Å². The molecular weight excluding hydrogens is 340 g/mol. The number of amides is 1. The largest absolute Gasteiger partial charge is 0.467 e. The van der Waals surface area contributed by atoms with Crippen LogP contribution in [0.25, 0.3) is 16.3 Å². The van der Waals surface area contributed by atoms with Crippen LogP contribution >= 0.6 is 11.3 Å². The smallest absolute Gasteiger partial charge is 0.331 e. The number of nitrogens with zero attached hydrogens (tertiary/aromatic N) is 1. The Bertz CT molecular complexity index is 866. The summed E-state index contributed by atoms with van der Waals surface area (Å²) in [5.41, 5.74) is 0.881. The predicted octanol–water partition coefficient (Wildman–Crippen LogP) is 3.32. The standard InChI is InChI=1S/C18H16N2O4S/c1-12(14-6-4-10-23-14)19-16(21)11-24-18(22)9-8-17-20-13-5-2-3-7-15(13)25-17/h2-10,12H,11H2,1H3,(H,19,21)/b9-8+/t12-/m0/s1. The molecule has 0 saturated heterocycles. The predicted molar refractivity (Wildman–Crippen MR) is 94.9 cm³/mol. The Kier molecular flexibility index (Phi) is 5.25. The molecular formula is C18H16N2O4S. The maximum absolute atomic E-state index is 11.8. The summed E-state index contributed by atoms with van der Waals surface area (Å²) in [5, 5.41) is 3.39. The van der Waals surface area contributed by atoms with E-state index in [9.17, 15) is 9.59 Å². The molecule has 1 N–H and O–H groups in total. The maximum Gasteiger partial charge on any atom is 0.331 e. The zero-order valence-corrected chi connectivity index (χ0v) is 14.3. The Morgan fingerprint density at radius 3 is 2.92 bits per heavy atom. The second-order valence-corrected chi connectivity index (χ2v) is 6.33. The van der Waals surface area contributed by atoms with Crippen LogP contribution in [0.4, 0.5) is 0 Å². The van der Waals surface area contributed by atoms with Gasteiger partial charge in [-0.25, -0.2) is 9.78 Å². The van der Waals surface area contributed by atoms with Crippen molar-refractivity contribution in [1.29, 1.82) is 0 Å². The van der Waals surface area contributed by atoms with Crippen molar-refractivity contribution in [2.24, 2.45) is 0 Å². The lowest BCUT2D eigenvalue weighted by Crippen LogP contribution is -2.30. The quantitative estimate of drug-likeness (QED) is 0.541. The number of fused-ring (bicyclic) bond motifs is 1.